The molecule has 1 unspecified atom stereocenters. The van der Waals surface area contributed by atoms with Crippen molar-refractivity contribution in [2.24, 2.45) is 5.92 Å². The van der Waals surface area contributed by atoms with Crippen molar-refractivity contribution in [2.75, 3.05) is 19.0 Å². The average Bonchev–Trinajstić information content (AvgIpc) is 2.64. The number of hydrogen-bond acceptors (Lipinski definition) is 5. The monoisotopic (exact) mass is 352 g/mol. The van der Waals surface area contributed by atoms with Crippen LogP contribution in [0.3, 0.4) is 0 Å². The smallest absolute Gasteiger partial charge is 0.249 e. The quantitative estimate of drug-likeness (QED) is 0.610. The van der Waals surface area contributed by atoms with Gasteiger partial charge in [0.05, 0.1) is 25.5 Å². The third-order valence-electron chi connectivity index (χ3n) is 3.79. The van der Waals surface area contributed by atoms with Gasteiger partial charge in [0.15, 0.2) is 11.7 Å². The zero-order valence-corrected chi connectivity index (χ0v) is 14.9. The van der Waals surface area contributed by atoms with E-state index < -0.39 is 17.6 Å². The fraction of sp³-hybridized carbons (Fsp3) is 0.250. The van der Waals surface area contributed by atoms with Gasteiger partial charge in [0, 0.05) is 5.56 Å². The van der Waals surface area contributed by atoms with Crippen LogP contribution in [-0.2, 0) is 4.79 Å². The zero-order chi connectivity index (χ0) is 19.1. The predicted molar refractivity (Wildman–Crippen MR) is 97.4 cm³/mol. The van der Waals surface area contributed by atoms with Crippen molar-refractivity contribution >= 4 is 17.4 Å². The molecule has 26 heavy (non-hydrogen) atoms. The molecule has 0 aliphatic heterocycles. The summed E-state index contributed by atoms with van der Waals surface area (Å²) in [5.41, 5.74) is 1.51. The first-order valence-corrected chi connectivity index (χ1v) is 8.13. The second kappa shape index (κ2) is 8.67. The highest BCUT2D eigenvalue weighted by atomic mass is 16.5. The van der Waals surface area contributed by atoms with Crippen molar-refractivity contribution in [2.45, 2.75) is 13.8 Å². The van der Waals surface area contributed by atoms with Gasteiger partial charge in [-0.3, -0.25) is 9.59 Å². The van der Waals surface area contributed by atoms with Gasteiger partial charge in [0.2, 0.25) is 5.91 Å². The Balaban J connectivity index is 2.24. The van der Waals surface area contributed by atoms with Gasteiger partial charge in [-0.15, -0.1) is 0 Å². The van der Waals surface area contributed by atoms with Crippen LogP contribution in [0.4, 0.5) is 5.69 Å². The first kappa shape index (κ1) is 19.0. The molecule has 0 aliphatic rings. The number of methoxy groups -OCH3 is 1. The lowest BCUT2D eigenvalue weighted by molar-refractivity contribution is -0.117. The third-order valence-corrected chi connectivity index (χ3v) is 3.79. The van der Waals surface area contributed by atoms with Crippen molar-refractivity contribution in [1.82, 2.24) is 0 Å². The molecule has 2 rings (SSSR count). The summed E-state index contributed by atoms with van der Waals surface area (Å²) in [6.45, 7) is 4.09. The molecule has 0 heterocycles. The lowest BCUT2D eigenvalue weighted by atomic mass is 9.96. The summed E-state index contributed by atoms with van der Waals surface area (Å²) in [5.74, 6) is -1.77. The Hall–Kier alpha value is -3.33. The number of para-hydroxylation sites is 2. The topological polar surface area (TPSA) is 88.4 Å². The van der Waals surface area contributed by atoms with E-state index in [1.54, 1.807) is 42.5 Å². The Morgan fingerprint density at radius 2 is 1.92 bits per heavy atom. The van der Waals surface area contributed by atoms with Crippen LogP contribution in [0.1, 0.15) is 22.8 Å². The second-order valence-corrected chi connectivity index (χ2v) is 5.53. The lowest BCUT2D eigenvalue weighted by Crippen LogP contribution is -2.29. The summed E-state index contributed by atoms with van der Waals surface area (Å²) in [4.78, 5) is 25.1. The number of nitriles is 1. The normalized spacial score (nSPS) is 11.2. The molecule has 2 aromatic rings. The number of hydrogen-bond donors (Lipinski definition) is 1. The zero-order valence-electron chi connectivity index (χ0n) is 14.9. The Kier molecular flexibility index (Phi) is 6.34. The van der Waals surface area contributed by atoms with Crippen LogP contribution in [0.15, 0.2) is 42.5 Å². The van der Waals surface area contributed by atoms with Gasteiger partial charge in [0.1, 0.15) is 11.5 Å². The summed E-state index contributed by atoms with van der Waals surface area (Å²) < 4.78 is 10.6. The van der Waals surface area contributed by atoms with Gasteiger partial charge >= 0.3 is 0 Å². The first-order valence-electron chi connectivity index (χ1n) is 8.13. The minimum absolute atomic E-state index is 0.243. The van der Waals surface area contributed by atoms with Gasteiger partial charge < -0.3 is 14.8 Å². The van der Waals surface area contributed by atoms with Crippen LogP contribution in [0.25, 0.3) is 0 Å². The van der Waals surface area contributed by atoms with Crippen LogP contribution in [0, 0.1) is 24.2 Å². The van der Waals surface area contributed by atoms with Gasteiger partial charge in [-0.25, -0.2) is 0 Å². The molecule has 2 aromatic carbocycles. The van der Waals surface area contributed by atoms with E-state index in [9.17, 15) is 14.9 Å². The Labute approximate surface area is 152 Å². The summed E-state index contributed by atoms with van der Waals surface area (Å²) in [6, 6.07) is 13.4. The number of rotatable bonds is 7. The number of ether oxygens (including phenoxy) is 2. The molecule has 0 radical (unpaired) electrons. The molecule has 0 fully saturated rings. The van der Waals surface area contributed by atoms with Crippen molar-refractivity contribution in [3.05, 3.63) is 53.6 Å². The van der Waals surface area contributed by atoms with Crippen molar-refractivity contribution < 1.29 is 19.1 Å². The number of nitrogens with one attached hydrogen (secondary N) is 1. The van der Waals surface area contributed by atoms with E-state index >= 15 is 0 Å². The molecule has 6 nitrogen and oxygen atoms in total. The van der Waals surface area contributed by atoms with E-state index in [0.29, 0.717) is 23.8 Å². The van der Waals surface area contributed by atoms with Crippen LogP contribution in [-0.4, -0.2) is 25.4 Å². The molecule has 0 bridgehead atoms. The Bertz CT molecular complexity index is 855. The molecule has 0 aliphatic carbocycles. The second-order valence-electron chi connectivity index (χ2n) is 5.53. The SMILES string of the molecule is CCOc1ccccc1NC(=O)C(C#N)C(=O)c1ccc(C)c(OC)c1. The summed E-state index contributed by atoms with van der Waals surface area (Å²) in [7, 11) is 1.50. The fourth-order valence-electron chi connectivity index (χ4n) is 2.43. The molecular weight excluding hydrogens is 332 g/mol. The maximum absolute atomic E-state index is 12.6. The number of nitrogens with zero attached hydrogens (tertiary/aromatic N) is 1. The minimum atomic E-state index is -1.47. The van der Waals surface area contributed by atoms with E-state index in [2.05, 4.69) is 5.32 Å². The molecule has 1 N–H and O–H groups in total. The highest BCUT2D eigenvalue weighted by Crippen LogP contribution is 2.25. The van der Waals surface area contributed by atoms with Crippen LogP contribution >= 0.6 is 0 Å². The van der Waals surface area contributed by atoms with E-state index in [-0.39, 0.29) is 5.56 Å². The standard InChI is InChI=1S/C20H20N2O4/c1-4-26-17-8-6-5-7-16(17)22-20(24)15(12-21)19(23)14-10-9-13(2)18(11-14)25-3/h5-11,15H,4H2,1-3H3,(H,22,24). The summed E-state index contributed by atoms with van der Waals surface area (Å²) >= 11 is 0. The predicted octanol–water partition coefficient (Wildman–Crippen LogP) is 3.36. The lowest BCUT2D eigenvalue weighted by Gasteiger charge is -2.14. The molecule has 1 atom stereocenters. The highest BCUT2D eigenvalue weighted by Gasteiger charge is 2.28. The molecule has 0 aromatic heterocycles. The minimum Gasteiger partial charge on any atom is -0.496 e. The van der Waals surface area contributed by atoms with Crippen molar-refractivity contribution in [3.8, 4) is 17.6 Å². The maximum atomic E-state index is 12.6. The third kappa shape index (κ3) is 4.19. The van der Waals surface area contributed by atoms with Crippen LogP contribution < -0.4 is 14.8 Å². The molecule has 134 valence electrons. The van der Waals surface area contributed by atoms with E-state index in [1.807, 2.05) is 13.8 Å². The Morgan fingerprint density at radius 3 is 2.58 bits per heavy atom. The van der Waals surface area contributed by atoms with Gasteiger partial charge in [0.25, 0.3) is 0 Å². The van der Waals surface area contributed by atoms with E-state index in [0.717, 1.165) is 5.56 Å². The number of carbonyl (C=O) groups excluding carboxylic acids is 2. The number of carbonyl (C=O) groups is 2. The summed E-state index contributed by atoms with van der Waals surface area (Å²) in [6.07, 6.45) is 0. The molecule has 0 saturated carbocycles. The largest absolute Gasteiger partial charge is 0.496 e. The number of anilines is 1. The number of benzene rings is 2. The van der Waals surface area contributed by atoms with E-state index in [1.165, 1.54) is 13.2 Å². The van der Waals surface area contributed by atoms with Crippen molar-refractivity contribution in [3.63, 3.8) is 0 Å². The van der Waals surface area contributed by atoms with Crippen LogP contribution in [0.2, 0.25) is 0 Å². The van der Waals surface area contributed by atoms with Crippen molar-refractivity contribution in [1.29, 1.82) is 5.26 Å². The summed E-state index contributed by atoms with van der Waals surface area (Å²) in [5, 5.41) is 12.0. The van der Waals surface area contributed by atoms with Crippen LogP contribution in [0.5, 0.6) is 11.5 Å². The molecule has 0 spiro atoms. The number of ketones is 1. The maximum Gasteiger partial charge on any atom is 0.249 e. The molecular formula is C20H20N2O4. The highest BCUT2D eigenvalue weighted by molar-refractivity contribution is 6.15. The average molecular weight is 352 g/mol. The van der Waals surface area contributed by atoms with Gasteiger partial charge in [-0.05, 0) is 37.6 Å². The number of amides is 1. The molecule has 1 amide bonds. The number of aryl methyl sites for hydroxylation is 1. The van der Waals surface area contributed by atoms with E-state index in [4.69, 9.17) is 9.47 Å². The number of Topliss-reactive ketones (excluding diaryl/α,β-unsaturated/α-hetero) is 1. The molecule has 6 heteroatoms. The van der Waals surface area contributed by atoms with Gasteiger partial charge in [-0.2, -0.15) is 5.26 Å². The molecule has 0 saturated heterocycles. The van der Waals surface area contributed by atoms with Gasteiger partial charge in [-0.1, -0.05) is 24.3 Å². The Morgan fingerprint density at radius 1 is 1.19 bits per heavy atom. The first-order chi connectivity index (χ1) is 12.5. The fourth-order valence-corrected chi connectivity index (χ4v) is 2.43.